The summed E-state index contributed by atoms with van der Waals surface area (Å²) in [5.74, 6) is 0.697. The van der Waals surface area contributed by atoms with E-state index in [1.807, 2.05) is 13.0 Å². The van der Waals surface area contributed by atoms with Gasteiger partial charge in [0, 0.05) is 42.7 Å². The zero-order valence-electron chi connectivity index (χ0n) is 18.2. The van der Waals surface area contributed by atoms with Gasteiger partial charge in [0.15, 0.2) is 0 Å². The molecule has 1 amide bonds. The number of rotatable bonds is 9. The summed E-state index contributed by atoms with van der Waals surface area (Å²) in [7, 11) is 1.53. The van der Waals surface area contributed by atoms with Crippen molar-refractivity contribution in [1.82, 2.24) is 10.3 Å². The predicted molar refractivity (Wildman–Crippen MR) is 117 cm³/mol. The molecule has 1 aromatic carbocycles. The van der Waals surface area contributed by atoms with Crippen molar-refractivity contribution in [3.05, 3.63) is 63.6 Å². The highest BCUT2D eigenvalue weighted by molar-refractivity contribution is 5.82. The summed E-state index contributed by atoms with van der Waals surface area (Å²) < 4.78 is 48.1. The number of nitrogens with zero attached hydrogens (tertiary/aromatic N) is 1. The molecule has 2 heterocycles. The number of benzene rings is 1. The van der Waals surface area contributed by atoms with E-state index in [4.69, 9.17) is 9.15 Å². The molecule has 0 atom stereocenters. The molecule has 0 aliphatic carbocycles. The van der Waals surface area contributed by atoms with Crippen LogP contribution in [0.1, 0.15) is 29.5 Å². The molecule has 0 saturated carbocycles. The SMILES string of the molecule is COc1ccc2c(C)c(CCC(=O)NCCCNc3ccc(C(F)(F)F)cn3)c(=O)oc2c1. The molecular weight excluding hydrogens is 439 g/mol. The van der Waals surface area contributed by atoms with Gasteiger partial charge in [-0.25, -0.2) is 9.78 Å². The highest BCUT2D eigenvalue weighted by Gasteiger charge is 2.30. The molecular formula is C23H24F3N3O4. The van der Waals surface area contributed by atoms with Crippen LogP contribution in [-0.4, -0.2) is 31.1 Å². The number of methoxy groups -OCH3 is 1. The number of amides is 1. The Hall–Kier alpha value is -3.56. The largest absolute Gasteiger partial charge is 0.497 e. The Morgan fingerprint density at radius 2 is 1.97 bits per heavy atom. The van der Waals surface area contributed by atoms with Crippen molar-refractivity contribution in [2.24, 2.45) is 0 Å². The van der Waals surface area contributed by atoms with Crippen LogP contribution >= 0.6 is 0 Å². The lowest BCUT2D eigenvalue weighted by atomic mass is 10.0. The fourth-order valence-corrected chi connectivity index (χ4v) is 3.32. The van der Waals surface area contributed by atoms with Gasteiger partial charge in [0.05, 0.1) is 12.7 Å². The van der Waals surface area contributed by atoms with E-state index >= 15 is 0 Å². The standard InChI is InChI=1S/C23H24F3N3O4/c1-14-17-6-5-16(32-2)12-19(17)33-22(31)18(14)7-9-21(30)28-11-3-10-27-20-8-4-15(13-29-20)23(24,25)26/h4-6,8,12-13H,3,7,9-11H2,1-2H3,(H,27,29)(H,28,30). The summed E-state index contributed by atoms with van der Waals surface area (Å²) in [4.78, 5) is 28.2. The van der Waals surface area contributed by atoms with Crippen molar-refractivity contribution in [3.63, 3.8) is 0 Å². The number of hydrogen-bond acceptors (Lipinski definition) is 6. The minimum Gasteiger partial charge on any atom is -0.497 e. The van der Waals surface area contributed by atoms with Crippen molar-refractivity contribution in [2.45, 2.75) is 32.4 Å². The van der Waals surface area contributed by atoms with Gasteiger partial charge < -0.3 is 19.8 Å². The Morgan fingerprint density at radius 3 is 2.64 bits per heavy atom. The highest BCUT2D eigenvalue weighted by atomic mass is 19.4. The van der Waals surface area contributed by atoms with Gasteiger partial charge in [-0.1, -0.05) is 0 Å². The number of halogens is 3. The molecule has 7 nitrogen and oxygen atoms in total. The van der Waals surface area contributed by atoms with Crippen molar-refractivity contribution < 1.29 is 27.1 Å². The molecule has 33 heavy (non-hydrogen) atoms. The minimum absolute atomic E-state index is 0.126. The van der Waals surface area contributed by atoms with Crippen LogP contribution in [0.5, 0.6) is 5.75 Å². The number of pyridine rings is 1. The number of alkyl halides is 3. The van der Waals surface area contributed by atoms with E-state index in [2.05, 4.69) is 15.6 Å². The van der Waals surface area contributed by atoms with Gasteiger partial charge in [0.1, 0.15) is 17.2 Å². The number of ether oxygens (including phenoxy) is 1. The van der Waals surface area contributed by atoms with Crippen molar-refractivity contribution in [3.8, 4) is 5.75 Å². The second kappa shape index (κ2) is 10.4. The second-order valence-electron chi connectivity index (χ2n) is 7.42. The smallest absolute Gasteiger partial charge is 0.417 e. The van der Waals surface area contributed by atoms with Crippen LogP contribution in [0, 0.1) is 6.92 Å². The van der Waals surface area contributed by atoms with Crippen molar-refractivity contribution in [2.75, 3.05) is 25.5 Å². The first-order valence-corrected chi connectivity index (χ1v) is 10.3. The third kappa shape index (κ3) is 6.24. The summed E-state index contributed by atoms with van der Waals surface area (Å²) >= 11 is 0. The molecule has 10 heteroatoms. The minimum atomic E-state index is -4.42. The molecule has 0 bridgehead atoms. The van der Waals surface area contributed by atoms with Crippen LogP contribution in [0.2, 0.25) is 0 Å². The van der Waals surface area contributed by atoms with Gasteiger partial charge >= 0.3 is 11.8 Å². The van der Waals surface area contributed by atoms with E-state index in [0.29, 0.717) is 42.2 Å². The molecule has 2 aromatic heterocycles. The molecule has 0 fully saturated rings. The maximum atomic E-state index is 12.5. The normalized spacial score (nSPS) is 11.4. The predicted octanol–water partition coefficient (Wildman–Crippen LogP) is 4.07. The quantitative estimate of drug-likeness (QED) is 0.367. The molecule has 0 aliphatic heterocycles. The number of anilines is 1. The molecule has 0 unspecified atom stereocenters. The monoisotopic (exact) mass is 463 g/mol. The number of hydrogen-bond donors (Lipinski definition) is 2. The highest BCUT2D eigenvalue weighted by Crippen LogP contribution is 2.29. The number of nitrogens with one attached hydrogen (secondary N) is 2. The van der Waals surface area contributed by atoms with Crippen LogP contribution < -0.4 is 21.0 Å². The number of fused-ring (bicyclic) bond motifs is 1. The third-order valence-corrected chi connectivity index (χ3v) is 5.17. The average molecular weight is 463 g/mol. The van der Waals surface area contributed by atoms with Gasteiger partial charge in [-0.3, -0.25) is 4.79 Å². The number of carbonyl (C=O) groups excluding carboxylic acids is 1. The third-order valence-electron chi connectivity index (χ3n) is 5.17. The summed E-state index contributed by atoms with van der Waals surface area (Å²) in [5.41, 5.74) is 0.368. The van der Waals surface area contributed by atoms with E-state index in [1.165, 1.54) is 13.2 Å². The van der Waals surface area contributed by atoms with E-state index in [0.717, 1.165) is 23.2 Å². The fourth-order valence-electron chi connectivity index (χ4n) is 3.32. The van der Waals surface area contributed by atoms with Crippen LogP contribution in [0.15, 0.2) is 45.7 Å². The molecule has 0 saturated heterocycles. The first-order chi connectivity index (χ1) is 15.7. The first-order valence-electron chi connectivity index (χ1n) is 10.3. The van der Waals surface area contributed by atoms with Crippen LogP contribution in [0.25, 0.3) is 11.0 Å². The summed E-state index contributed by atoms with van der Waals surface area (Å²) in [5, 5.41) is 6.45. The molecule has 3 rings (SSSR count). The van der Waals surface area contributed by atoms with E-state index in [-0.39, 0.29) is 18.7 Å². The maximum Gasteiger partial charge on any atom is 0.417 e. The van der Waals surface area contributed by atoms with Gasteiger partial charge in [-0.15, -0.1) is 0 Å². The summed E-state index contributed by atoms with van der Waals surface area (Å²) in [6.07, 6.45) is -2.73. The Labute approximate surface area is 188 Å². The lowest BCUT2D eigenvalue weighted by molar-refractivity contribution is -0.137. The van der Waals surface area contributed by atoms with E-state index in [1.54, 1.807) is 12.1 Å². The number of aromatic nitrogens is 1. The van der Waals surface area contributed by atoms with Crippen LogP contribution in [-0.2, 0) is 17.4 Å². The van der Waals surface area contributed by atoms with E-state index in [9.17, 15) is 22.8 Å². The Morgan fingerprint density at radius 1 is 1.18 bits per heavy atom. The molecule has 0 aliphatic rings. The summed E-state index contributed by atoms with van der Waals surface area (Å²) in [6, 6.07) is 7.46. The molecule has 176 valence electrons. The van der Waals surface area contributed by atoms with Gasteiger partial charge in [0.2, 0.25) is 5.91 Å². The topological polar surface area (TPSA) is 93.5 Å². The lowest BCUT2D eigenvalue weighted by Crippen LogP contribution is -2.26. The Balaban J connectivity index is 1.44. The fraction of sp³-hybridized carbons (Fsp3) is 0.348. The zero-order chi connectivity index (χ0) is 24.0. The van der Waals surface area contributed by atoms with Gasteiger partial charge in [0.25, 0.3) is 0 Å². The first kappa shape index (κ1) is 24.1. The number of aryl methyl sites for hydroxylation is 1. The Kier molecular flexibility index (Phi) is 7.57. The van der Waals surface area contributed by atoms with Gasteiger partial charge in [-0.05, 0) is 49.6 Å². The van der Waals surface area contributed by atoms with Gasteiger partial charge in [-0.2, -0.15) is 13.2 Å². The second-order valence-corrected chi connectivity index (χ2v) is 7.42. The molecule has 3 aromatic rings. The van der Waals surface area contributed by atoms with Crippen LogP contribution in [0.4, 0.5) is 19.0 Å². The maximum absolute atomic E-state index is 12.5. The van der Waals surface area contributed by atoms with Crippen molar-refractivity contribution >= 4 is 22.7 Å². The zero-order valence-corrected chi connectivity index (χ0v) is 18.2. The lowest BCUT2D eigenvalue weighted by Gasteiger charge is -2.10. The Bertz CT molecular complexity index is 1170. The van der Waals surface area contributed by atoms with Crippen molar-refractivity contribution in [1.29, 1.82) is 0 Å². The van der Waals surface area contributed by atoms with Crippen LogP contribution in [0.3, 0.4) is 0 Å². The molecule has 2 N–H and O–H groups in total. The summed E-state index contributed by atoms with van der Waals surface area (Å²) in [6.45, 7) is 2.62. The average Bonchev–Trinajstić information content (AvgIpc) is 2.78. The number of carbonyl (C=O) groups is 1. The van der Waals surface area contributed by atoms with E-state index < -0.39 is 17.4 Å². The molecule has 0 spiro atoms. The molecule has 0 radical (unpaired) electrons.